The van der Waals surface area contributed by atoms with Gasteiger partial charge in [0.2, 0.25) is 0 Å². The minimum atomic E-state index is 0.0917. The summed E-state index contributed by atoms with van der Waals surface area (Å²) in [7, 11) is 0. The predicted octanol–water partition coefficient (Wildman–Crippen LogP) is 10.4. The highest BCUT2D eigenvalue weighted by molar-refractivity contribution is 6.10. The molecule has 2 unspecified atom stereocenters. The Kier molecular flexibility index (Phi) is 6.31. The lowest BCUT2D eigenvalue weighted by atomic mass is 9.88. The second-order valence-electron chi connectivity index (χ2n) is 13.2. The number of hydrogen-bond acceptors (Lipinski definition) is 3. The summed E-state index contributed by atoms with van der Waals surface area (Å²) in [5.41, 5.74) is 16.5. The summed E-state index contributed by atoms with van der Waals surface area (Å²) in [6.07, 6.45) is 6.98. The van der Waals surface area contributed by atoms with Gasteiger partial charge in [-0.05, 0) is 112 Å². The van der Waals surface area contributed by atoms with Gasteiger partial charge in [0, 0.05) is 39.3 Å². The number of anilines is 2. The van der Waals surface area contributed by atoms with Gasteiger partial charge in [-0.25, -0.2) is 0 Å². The zero-order chi connectivity index (χ0) is 31.9. The standard InChI is InChI=1S/C42H36N4/c1-24-7-11-32-33-12-8-25(2)16-37(33)45(36(32)15-24)40-21-30(23-43)22-41(42(40)31-19-28(5)44-29(6)20-31)46-38-17-26(3)9-13-34(38)35-14-10-27(4)18-39(35)46/h7-22,32,36H,1-6H3. The monoisotopic (exact) mass is 596 g/mol. The van der Waals surface area contributed by atoms with Crippen LogP contribution in [0.15, 0.2) is 103 Å². The van der Waals surface area contributed by atoms with E-state index in [0.29, 0.717) is 5.56 Å². The van der Waals surface area contributed by atoms with Crippen molar-refractivity contribution in [3.8, 4) is 22.9 Å². The minimum absolute atomic E-state index is 0.0917. The van der Waals surface area contributed by atoms with E-state index in [9.17, 15) is 5.26 Å². The van der Waals surface area contributed by atoms with Gasteiger partial charge in [0.25, 0.3) is 0 Å². The molecular formula is C42H36N4. The molecule has 224 valence electrons. The Balaban J connectivity index is 1.55. The molecule has 1 aliphatic carbocycles. The maximum atomic E-state index is 10.6. The summed E-state index contributed by atoms with van der Waals surface area (Å²) in [6.45, 7) is 12.8. The Bertz CT molecular complexity index is 2280. The number of fused-ring (bicyclic) bond motifs is 6. The first-order valence-corrected chi connectivity index (χ1v) is 16.0. The van der Waals surface area contributed by atoms with E-state index >= 15 is 0 Å². The molecule has 0 spiro atoms. The number of nitrogens with zero attached hydrogens (tertiary/aromatic N) is 4. The van der Waals surface area contributed by atoms with Crippen LogP contribution in [-0.4, -0.2) is 15.6 Å². The van der Waals surface area contributed by atoms with Crippen molar-refractivity contribution >= 4 is 33.2 Å². The first-order valence-electron chi connectivity index (χ1n) is 16.0. The highest BCUT2D eigenvalue weighted by atomic mass is 15.2. The number of allylic oxidation sites excluding steroid dienone is 2. The van der Waals surface area contributed by atoms with Crippen LogP contribution < -0.4 is 4.90 Å². The van der Waals surface area contributed by atoms with Gasteiger partial charge in [-0.2, -0.15) is 5.26 Å². The highest BCUT2D eigenvalue weighted by Gasteiger charge is 2.39. The van der Waals surface area contributed by atoms with Gasteiger partial charge >= 0.3 is 0 Å². The van der Waals surface area contributed by atoms with Crippen molar-refractivity contribution in [2.75, 3.05) is 4.90 Å². The largest absolute Gasteiger partial charge is 0.333 e. The van der Waals surface area contributed by atoms with Gasteiger partial charge in [0.05, 0.1) is 40.1 Å². The second kappa shape index (κ2) is 10.3. The summed E-state index contributed by atoms with van der Waals surface area (Å²) >= 11 is 0. The molecule has 4 aromatic carbocycles. The Labute approximate surface area is 270 Å². The molecule has 0 amide bonds. The van der Waals surface area contributed by atoms with Crippen LogP contribution in [-0.2, 0) is 0 Å². The van der Waals surface area contributed by atoms with Crippen molar-refractivity contribution < 1.29 is 0 Å². The van der Waals surface area contributed by atoms with Crippen molar-refractivity contribution in [2.24, 2.45) is 0 Å². The molecule has 0 radical (unpaired) electrons. The molecule has 4 nitrogen and oxygen atoms in total. The average Bonchev–Trinajstić information content (AvgIpc) is 3.50. The Morgan fingerprint density at radius 2 is 1.28 bits per heavy atom. The Hall–Kier alpha value is -5.40. The third-order valence-electron chi connectivity index (χ3n) is 9.65. The lowest BCUT2D eigenvalue weighted by Gasteiger charge is -2.33. The average molecular weight is 597 g/mol. The maximum Gasteiger partial charge on any atom is 0.0993 e. The minimum Gasteiger partial charge on any atom is -0.333 e. The van der Waals surface area contributed by atoms with Gasteiger partial charge in [-0.1, -0.05) is 60.2 Å². The van der Waals surface area contributed by atoms with Crippen molar-refractivity contribution in [1.82, 2.24) is 9.55 Å². The number of hydrogen-bond donors (Lipinski definition) is 0. The summed E-state index contributed by atoms with van der Waals surface area (Å²) < 4.78 is 2.39. The molecule has 0 N–H and O–H groups in total. The first-order chi connectivity index (χ1) is 22.2. The molecule has 0 saturated heterocycles. The normalized spacial score (nSPS) is 16.9. The van der Waals surface area contributed by atoms with Gasteiger partial charge < -0.3 is 9.47 Å². The van der Waals surface area contributed by atoms with Crippen LogP contribution in [0.3, 0.4) is 0 Å². The number of rotatable bonds is 3. The van der Waals surface area contributed by atoms with E-state index in [1.54, 1.807) is 0 Å². The van der Waals surface area contributed by atoms with E-state index < -0.39 is 0 Å². The molecule has 2 aliphatic rings. The lowest BCUT2D eigenvalue weighted by Crippen LogP contribution is -2.30. The molecule has 6 aromatic rings. The third-order valence-corrected chi connectivity index (χ3v) is 9.65. The Morgan fingerprint density at radius 3 is 1.93 bits per heavy atom. The van der Waals surface area contributed by atoms with Crippen LogP contribution in [0.4, 0.5) is 11.4 Å². The van der Waals surface area contributed by atoms with Gasteiger partial charge in [0.1, 0.15) is 0 Å². The number of aromatic nitrogens is 2. The number of nitriles is 1. The lowest BCUT2D eigenvalue weighted by molar-refractivity contribution is 0.738. The summed E-state index contributed by atoms with van der Waals surface area (Å²) in [5.74, 6) is 0.223. The summed E-state index contributed by atoms with van der Waals surface area (Å²) in [4.78, 5) is 7.26. The van der Waals surface area contributed by atoms with Gasteiger partial charge in [-0.15, -0.1) is 0 Å². The predicted molar refractivity (Wildman–Crippen MR) is 190 cm³/mol. The fourth-order valence-corrected chi connectivity index (χ4v) is 7.73. The van der Waals surface area contributed by atoms with E-state index in [1.165, 1.54) is 44.3 Å². The molecule has 3 heterocycles. The molecule has 2 atom stereocenters. The molecule has 4 heteroatoms. The number of aryl methyl sites for hydroxylation is 5. The van der Waals surface area contributed by atoms with E-state index in [2.05, 4.69) is 154 Å². The van der Waals surface area contributed by atoms with Gasteiger partial charge in [-0.3, -0.25) is 4.98 Å². The molecule has 0 fully saturated rings. The zero-order valence-corrected chi connectivity index (χ0v) is 27.2. The third kappa shape index (κ3) is 4.30. The smallest absolute Gasteiger partial charge is 0.0993 e. The SMILES string of the molecule is CC1=CC2C(C=C1)c1ccc(C)cc1N2c1cc(C#N)cc(-n2c3cc(C)ccc3c3ccc(C)cc32)c1-c1cc(C)nc(C)c1. The van der Waals surface area contributed by atoms with E-state index in [-0.39, 0.29) is 12.0 Å². The number of pyridine rings is 1. The van der Waals surface area contributed by atoms with Crippen molar-refractivity contribution in [3.05, 3.63) is 142 Å². The molecule has 0 saturated carbocycles. The Morgan fingerprint density at radius 1 is 0.674 bits per heavy atom. The fraction of sp³-hybridized carbons (Fsp3) is 0.190. The molecule has 46 heavy (non-hydrogen) atoms. The van der Waals surface area contributed by atoms with Crippen LogP contribution in [0.2, 0.25) is 0 Å². The van der Waals surface area contributed by atoms with E-state index in [1.807, 2.05) is 0 Å². The van der Waals surface area contributed by atoms with Crippen LogP contribution in [0.1, 0.15) is 52.0 Å². The van der Waals surface area contributed by atoms with Crippen LogP contribution in [0.5, 0.6) is 0 Å². The highest BCUT2D eigenvalue weighted by Crippen LogP contribution is 2.52. The van der Waals surface area contributed by atoms with Crippen molar-refractivity contribution in [2.45, 2.75) is 53.5 Å². The molecule has 2 aromatic heterocycles. The van der Waals surface area contributed by atoms with Crippen LogP contribution in [0, 0.1) is 45.9 Å². The molecular weight excluding hydrogens is 560 g/mol. The molecule has 1 aliphatic heterocycles. The maximum absolute atomic E-state index is 10.6. The molecule has 0 bridgehead atoms. The van der Waals surface area contributed by atoms with Crippen molar-refractivity contribution in [3.63, 3.8) is 0 Å². The van der Waals surface area contributed by atoms with Crippen molar-refractivity contribution in [1.29, 1.82) is 5.26 Å². The van der Waals surface area contributed by atoms with E-state index in [4.69, 9.17) is 4.98 Å². The quantitative estimate of drug-likeness (QED) is 0.204. The summed E-state index contributed by atoms with van der Waals surface area (Å²) in [6, 6.07) is 31.4. The summed E-state index contributed by atoms with van der Waals surface area (Å²) in [5, 5.41) is 13.0. The molecule has 8 rings (SSSR count). The number of benzene rings is 4. The van der Waals surface area contributed by atoms with E-state index in [0.717, 1.165) is 44.9 Å². The van der Waals surface area contributed by atoms with Gasteiger partial charge in [0.15, 0.2) is 0 Å². The topological polar surface area (TPSA) is 44.9 Å². The fourth-order valence-electron chi connectivity index (χ4n) is 7.73. The second-order valence-corrected chi connectivity index (χ2v) is 13.2. The zero-order valence-electron chi connectivity index (χ0n) is 27.2. The van der Waals surface area contributed by atoms with Crippen LogP contribution >= 0.6 is 0 Å². The first kappa shape index (κ1) is 28.1. The van der Waals surface area contributed by atoms with Crippen LogP contribution in [0.25, 0.3) is 38.6 Å².